The predicted molar refractivity (Wildman–Crippen MR) is 273 cm³/mol. The Kier molecular flexibility index (Phi) is 7.80. The fourth-order valence-electron chi connectivity index (χ4n) is 11.9. The Balaban J connectivity index is 1.16. The zero-order valence-electron chi connectivity index (χ0n) is 36.6. The van der Waals surface area contributed by atoms with Crippen molar-refractivity contribution in [2.45, 2.75) is 38.5 Å². The van der Waals surface area contributed by atoms with E-state index in [0.29, 0.717) is 0 Å². The normalized spacial score (nSPS) is 14.2. The van der Waals surface area contributed by atoms with Crippen LogP contribution in [0.2, 0.25) is 0 Å². The Morgan fingerprint density at radius 2 is 0.594 bits per heavy atom. The summed E-state index contributed by atoms with van der Waals surface area (Å²) in [5.74, 6) is 0. The summed E-state index contributed by atoms with van der Waals surface area (Å²) < 4.78 is 0. The molecule has 302 valence electrons. The molecule has 11 aromatic rings. The smallest absolute Gasteiger partial charge is 0.0159 e. The third-order valence-electron chi connectivity index (χ3n) is 15.1. The summed E-state index contributed by atoms with van der Waals surface area (Å²) in [6.45, 7) is 9.57. The standard InChI is InChI=1S/C64H46/c1-63(2)57-25-11-9-21-49(57)51-31-29-43(37-59(51)63)61-53-33-27-42(48-24-14-18-40-16-6-8-20-46(40)48)36-56(53)62(44-30-32-52-50-22-10-12-26-58(50)64(3,4)60(52)38-44)54-34-28-41(35-55(54)61)47-23-13-17-39-15-5-7-19-45(39)47/h5-38H,1-4H3. The van der Waals surface area contributed by atoms with Gasteiger partial charge in [0.25, 0.3) is 0 Å². The van der Waals surface area contributed by atoms with Gasteiger partial charge in [-0.25, -0.2) is 0 Å². The number of hydrogen-bond donors (Lipinski definition) is 0. The van der Waals surface area contributed by atoms with Crippen LogP contribution in [0.4, 0.5) is 0 Å². The summed E-state index contributed by atoms with van der Waals surface area (Å²) in [5, 5.41) is 10.1. The Bertz CT molecular complexity index is 3520. The number of rotatable bonds is 4. The van der Waals surface area contributed by atoms with Gasteiger partial charge in [-0.2, -0.15) is 0 Å². The van der Waals surface area contributed by atoms with E-state index in [0.717, 1.165) is 0 Å². The van der Waals surface area contributed by atoms with E-state index in [2.05, 4.69) is 234 Å². The molecule has 0 saturated heterocycles. The number of hydrogen-bond acceptors (Lipinski definition) is 0. The molecule has 11 aromatic carbocycles. The lowest BCUT2D eigenvalue weighted by molar-refractivity contribution is 0.660. The second kappa shape index (κ2) is 13.5. The molecule has 0 heteroatoms. The highest BCUT2D eigenvalue weighted by molar-refractivity contribution is 6.23. The van der Waals surface area contributed by atoms with Gasteiger partial charge in [0.1, 0.15) is 0 Å². The van der Waals surface area contributed by atoms with E-state index >= 15 is 0 Å². The van der Waals surface area contributed by atoms with Crippen molar-refractivity contribution in [3.8, 4) is 66.8 Å². The minimum absolute atomic E-state index is 0.127. The molecule has 0 radical (unpaired) electrons. The highest BCUT2D eigenvalue weighted by atomic mass is 14.4. The molecule has 13 rings (SSSR count). The summed E-state index contributed by atoms with van der Waals surface area (Å²) in [5.41, 5.74) is 20.7. The first kappa shape index (κ1) is 37.1. The molecule has 0 saturated carbocycles. The molecule has 0 bridgehead atoms. The van der Waals surface area contributed by atoms with Crippen molar-refractivity contribution in [3.05, 3.63) is 229 Å². The molecule has 0 heterocycles. The lowest BCUT2D eigenvalue weighted by Gasteiger charge is -2.24. The minimum atomic E-state index is -0.127. The largest absolute Gasteiger partial charge is 0.0619 e. The molecule has 0 spiro atoms. The molecular weight excluding hydrogens is 769 g/mol. The lowest BCUT2D eigenvalue weighted by Crippen LogP contribution is -2.15. The molecule has 0 atom stereocenters. The number of benzene rings is 11. The summed E-state index contributed by atoms with van der Waals surface area (Å²) in [7, 11) is 0. The van der Waals surface area contributed by atoms with Crippen LogP contribution in [0, 0.1) is 0 Å². The van der Waals surface area contributed by atoms with E-state index in [-0.39, 0.29) is 10.8 Å². The van der Waals surface area contributed by atoms with Crippen LogP contribution in [0.1, 0.15) is 49.9 Å². The highest BCUT2D eigenvalue weighted by Gasteiger charge is 2.37. The molecule has 0 amide bonds. The second-order valence-corrected chi connectivity index (χ2v) is 19.2. The van der Waals surface area contributed by atoms with Crippen molar-refractivity contribution < 1.29 is 0 Å². The van der Waals surface area contributed by atoms with Crippen LogP contribution < -0.4 is 0 Å². The van der Waals surface area contributed by atoms with Gasteiger partial charge in [-0.15, -0.1) is 0 Å². The Hall–Kier alpha value is -7.54. The van der Waals surface area contributed by atoms with Crippen LogP contribution in [0.3, 0.4) is 0 Å². The van der Waals surface area contributed by atoms with Crippen molar-refractivity contribution in [1.82, 2.24) is 0 Å². The number of fused-ring (bicyclic) bond motifs is 10. The van der Waals surface area contributed by atoms with Crippen LogP contribution in [-0.2, 0) is 10.8 Å². The SMILES string of the molecule is CC1(C)c2ccccc2-c2ccc(-c3c4ccc(-c5cccc6ccccc56)cc4c(-c4ccc5c(c4)C(C)(C)c4ccccc4-5)c4ccc(-c5cccc6ccccc56)cc34)cc21. The fourth-order valence-corrected chi connectivity index (χ4v) is 11.9. The summed E-state index contributed by atoms with van der Waals surface area (Å²) in [6, 6.07) is 78.1. The van der Waals surface area contributed by atoms with Gasteiger partial charge < -0.3 is 0 Å². The molecule has 64 heavy (non-hydrogen) atoms. The molecule has 0 aromatic heterocycles. The fraction of sp³-hybridized carbons (Fsp3) is 0.0938. The van der Waals surface area contributed by atoms with Gasteiger partial charge >= 0.3 is 0 Å². The maximum Gasteiger partial charge on any atom is 0.0159 e. The molecule has 0 nitrogen and oxygen atoms in total. The maximum atomic E-state index is 2.52. The van der Waals surface area contributed by atoms with Crippen LogP contribution in [0.15, 0.2) is 206 Å². The minimum Gasteiger partial charge on any atom is -0.0619 e. The zero-order chi connectivity index (χ0) is 42.9. The van der Waals surface area contributed by atoms with Gasteiger partial charge in [0.2, 0.25) is 0 Å². The topological polar surface area (TPSA) is 0 Å². The summed E-state index contributed by atoms with van der Waals surface area (Å²) in [4.78, 5) is 0. The van der Waals surface area contributed by atoms with Crippen molar-refractivity contribution in [1.29, 1.82) is 0 Å². The van der Waals surface area contributed by atoms with E-state index in [9.17, 15) is 0 Å². The van der Waals surface area contributed by atoms with E-state index in [1.165, 1.54) is 132 Å². The average molecular weight is 815 g/mol. The molecule has 0 fully saturated rings. The molecule has 2 aliphatic carbocycles. The lowest BCUT2D eigenvalue weighted by atomic mass is 9.79. The predicted octanol–water partition coefficient (Wildman–Crippen LogP) is 17.6. The summed E-state index contributed by atoms with van der Waals surface area (Å²) in [6.07, 6.45) is 0. The van der Waals surface area contributed by atoms with Crippen LogP contribution in [0.5, 0.6) is 0 Å². The third-order valence-corrected chi connectivity index (χ3v) is 15.1. The third kappa shape index (κ3) is 5.23. The van der Waals surface area contributed by atoms with E-state index in [1.54, 1.807) is 0 Å². The monoisotopic (exact) mass is 814 g/mol. The Morgan fingerprint density at radius 1 is 0.234 bits per heavy atom. The van der Waals surface area contributed by atoms with Crippen LogP contribution in [0.25, 0.3) is 110 Å². The first-order valence-corrected chi connectivity index (χ1v) is 22.7. The first-order valence-electron chi connectivity index (χ1n) is 22.7. The van der Waals surface area contributed by atoms with Crippen molar-refractivity contribution >= 4 is 43.1 Å². The average Bonchev–Trinajstić information content (AvgIpc) is 3.71. The van der Waals surface area contributed by atoms with Crippen molar-refractivity contribution in [2.24, 2.45) is 0 Å². The van der Waals surface area contributed by atoms with Gasteiger partial charge in [0.05, 0.1) is 0 Å². The van der Waals surface area contributed by atoms with Gasteiger partial charge in [0.15, 0.2) is 0 Å². The maximum absolute atomic E-state index is 2.52. The van der Waals surface area contributed by atoms with E-state index in [1.807, 2.05) is 0 Å². The summed E-state index contributed by atoms with van der Waals surface area (Å²) >= 11 is 0. The molecule has 0 unspecified atom stereocenters. The van der Waals surface area contributed by atoms with Gasteiger partial charge in [-0.05, 0) is 156 Å². The van der Waals surface area contributed by atoms with Crippen LogP contribution >= 0.6 is 0 Å². The van der Waals surface area contributed by atoms with Crippen molar-refractivity contribution in [3.63, 3.8) is 0 Å². The Morgan fingerprint density at radius 3 is 1.06 bits per heavy atom. The Labute approximate surface area is 375 Å². The van der Waals surface area contributed by atoms with E-state index < -0.39 is 0 Å². The quantitative estimate of drug-likeness (QED) is 0.155. The van der Waals surface area contributed by atoms with Gasteiger partial charge in [0, 0.05) is 10.8 Å². The van der Waals surface area contributed by atoms with Crippen LogP contribution in [-0.4, -0.2) is 0 Å². The zero-order valence-corrected chi connectivity index (χ0v) is 36.6. The van der Waals surface area contributed by atoms with Crippen molar-refractivity contribution in [2.75, 3.05) is 0 Å². The first-order chi connectivity index (χ1) is 31.3. The molecule has 0 N–H and O–H groups in total. The second-order valence-electron chi connectivity index (χ2n) is 19.2. The highest BCUT2D eigenvalue weighted by Crippen LogP contribution is 2.54. The molecule has 0 aliphatic heterocycles. The van der Waals surface area contributed by atoms with E-state index in [4.69, 9.17) is 0 Å². The van der Waals surface area contributed by atoms with Gasteiger partial charge in [-0.1, -0.05) is 210 Å². The molecular formula is C64H46. The molecule has 2 aliphatic rings. The van der Waals surface area contributed by atoms with Gasteiger partial charge in [-0.3, -0.25) is 0 Å².